The highest BCUT2D eigenvalue weighted by Gasteiger charge is 2.52. The number of rotatable bonds is 6. The maximum atomic E-state index is 2.53. The van der Waals surface area contributed by atoms with Crippen LogP contribution in [0.2, 0.25) is 0 Å². The molecule has 0 aromatic heterocycles. The summed E-state index contributed by atoms with van der Waals surface area (Å²) in [5.41, 5.74) is 31.3. The van der Waals surface area contributed by atoms with E-state index in [0.29, 0.717) is 0 Å². The van der Waals surface area contributed by atoms with Crippen LogP contribution in [0.4, 0.5) is 17.1 Å². The molecular weight excluding hydrogens is 939 g/mol. The Balaban J connectivity index is 0.931. The molecule has 0 amide bonds. The van der Waals surface area contributed by atoms with Crippen LogP contribution in [0.25, 0.3) is 88.7 Å². The Labute approximate surface area is 457 Å². The van der Waals surface area contributed by atoms with Gasteiger partial charge in [-0.25, -0.2) is 0 Å². The molecule has 0 heterocycles. The Hall–Kier alpha value is -9.30. The molecule has 0 unspecified atom stereocenters. The van der Waals surface area contributed by atoms with Crippen molar-refractivity contribution in [2.45, 2.75) is 43.9 Å². The van der Waals surface area contributed by atoms with Crippen molar-refractivity contribution in [1.29, 1.82) is 0 Å². The summed E-state index contributed by atoms with van der Waals surface area (Å²) in [6.45, 7) is 9.61. The first-order valence-corrected chi connectivity index (χ1v) is 27.7. The van der Waals surface area contributed by atoms with Gasteiger partial charge in [-0.15, -0.1) is 0 Å². The molecule has 0 N–H and O–H groups in total. The highest BCUT2D eigenvalue weighted by molar-refractivity contribution is 6.15. The summed E-state index contributed by atoms with van der Waals surface area (Å²) < 4.78 is 0. The summed E-state index contributed by atoms with van der Waals surface area (Å²) in [5, 5.41) is 2.59. The highest BCUT2D eigenvalue weighted by Crippen LogP contribution is 2.64. The summed E-state index contributed by atoms with van der Waals surface area (Å²) in [7, 11) is 0. The molecule has 0 saturated heterocycles. The molecular formula is C77H55N. The lowest BCUT2D eigenvalue weighted by atomic mass is 9.70. The van der Waals surface area contributed by atoms with Crippen molar-refractivity contribution in [3.8, 4) is 77.9 Å². The average molecular weight is 994 g/mol. The van der Waals surface area contributed by atoms with Crippen LogP contribution in [0, 0.1) is 0 Å². The van der Waals surface area contributed by atoms with Gasteiger partial charge in [-0.05, 0) is 170 Å². The van der Waals surface area contributed by atoms with Crippen LogP contribution < -0.4 is 4.90 Å². The number of hydrogen-bond donors (Lipinski definition) is 0. The molecule has 12 aromatic carbocycles. The van der Waals surface area contributed by atoms with Crippen LogP contribution >= 0.6 is 0 Å². The van der Waals surface area contributed by atoms with Crippen molar-refractivity contribution in [2.75, 3.05) is 4.90 Å². The number of nitrogens with zero attached hydrogens (tertiary/aromatic N) is 1. The van der Waals surface area contributed by atoms with E-state index in [2.05, 4.69) is 293 Å². The predicted octanol–water partition coefficient (Wildman–Crippen LogP) is 20.3. The van der Waals surface area contributed by atoms with Crippen LogP contribution in [-0.4, -0.2) is 0 Å². The minimum atomic E-state index is -0.470. The quantitative estimate of drug-likeness (QED) is 0.160. The Morgan fingerprint density at radius 2 is 0.628 bits per heavy atom. The van der Waals surface area contributed by atoms with Gasteiger partial charge < -0.3 is 4.90 Å². The van der Waals surface area contributed by atoms with Crippen molar-refractivity contribution in [1.82, 2.24) is 0 Å². The van der Waals surface area contributed by atoms with Gasteiger partial charge in [-0.1, -0.05) is 252 Å². The lowest BCUT2D eigenvalue weighted by Crippen LogP contribution is -2.26. The van der Waals surface area contributed by atoms with Gasteiger partial charge in [0.15, 0.2) is 0 Å². The third kappa shape index (κ3) is 6.02. The third-order valence-corrected chi connectivity index (χ3v) is 18.5. The van der Waals surface area contributed by atoms with Gasteiger partial charge in [0.25, 0.3) is 0 Å². The Kier molecular flexibility index (Phi) is 9.42. The fourth-order valence-electron chi connectivity index (χ4n) is 15.1. The molecule has 0 fully saturated rings. The minimum absolute atomic E-state index is 0.172. The molecule has 0 saturated carbocycles. The molecule has 368 valence electrons. The van der Waals surface area contributed by atoms with Crippen LogP contribution in [0.1, 0.15) is 72.2 Å². The standard InChI is InChI=1S/C77H55N/c1-75(2)64-29-15-10-22-55(64)59-44-42-53(46-69(59)75)78(54-43-45-60-58-25-13-19-33-68(58)77(70(60)47-54)66-31-17-11-23-56(66)57-24-12-18-32-67(57)77)52-40-38-51(39-41-52)72-71(50-36-34-49(35-37-50)48-20-6-5-7-21-48)61-26-8-9-27-62(61)74-73(72)63-28-14-16-30-65(63)76(74,3)4/h5-47H,1-4H3. The van der Waals surface area contributed by atoms with Crippen LogP contribution in [-0.2, 0) is 16.2 Å². The van der Waals surface area contributed by atoms with E-state index in [4.69, 9.17) is 0 Å². The summed E-state index contributed by atoms with van der Waals surface area (Å²) in [6.07, 6.45) is 0. The monoisotopic (exact) mass is 993 g/mol. The maximum Gasteiger partial charge on any atom is 0.0726 e. The zero-order valence-electron chi connectivity index (χ0n) is 44.3. The van der Waals surface area contributed by atoms with Gasteiger partial charge in [0, 0.05) is 27.9 Å². The van der Waals surface area contributed by atoms with Gasteiger partial charge in [0.2, 0.25) is 0 Å². The fourth-order valence-corrected chi connectivity index (χ4v) is 15.1. The average Bonchev–Trinajstić information content (AvgIpc) is 2.81. The van der Waals surface area contributed by atoms with Crippen LogP contribution in [0.3, 0.4) is 0 Å². The fraction of sp³-hybridized carbons (Fsp3) is 0.0909. The molecule has 12 aromatic rings. The Bertz CT molecular complexity index is 4410. The predicted molar refractivity (Wildman–Crippen MR) is 326 cm³/mol. The zero-order chi connectivity index (χ0) is 52.1. The molecule has 0 radical (unpaired) electrons. The molecule has 4 aliphatic carbocycles. The Morgan fingerprint density at radius 1 is 0.244 bits per heavy atom. The van der Waals surface area contributed by atoms with Gasteiger partial charge in [-0.2, -0.15) is 0 Å². The second-order valence-corrected chi connectivity index (χ2v) is 23.1. The van der Waals surface area contributed by atoms with Crippen molar-refractivity contribution < 1.29 is 0 Å². The molecule has 16 rings (SSSR count). The van der Waals surface area contributed by atoms with Crippen LogP contribution in [0.15, 0.2) is 261 Å². The van der Waals surface area contributed by atoms with Crippen LogP contribution in [0.5, 0.6) is 0 Å². The molecule has 1 heteroatoms. The first kappa shape index (κ1) is 44.9. The largest absolute Gasteiger partial charge is 0.310 e. The number of anilines is 3. The zero-order valence-corrected chi connectivity index (χ0v) is 44.3. The molecule has 4 aliphatic rings. The number of hydrogen-bond acceptors (Lipinski definition) is 1. The molecule has 78 heavy (non-hydrogen) atoms. The van der Waals surface area contributed by atoms with Crippen molar-refractivity contribution in [3.05, 3.63) is 305 Å². The SMILES string of the molecule is CC1(C)c2ccccc2-c2ccc(N(c3ccc(-c4c5c(c6ccccc6c4-c4ccc(-c6ccccc6)cc4)C(C)(C)c4ccccc4-5)cc3)c3ccc4c(c3)C3(c5ccccc5-c5ccccc53)c3ccccc3-4)cc21. The normalized spacial score (nSPS) is 14.7. The van der Waals surface area contributed by atoms with E-state index in [9.17, 15) is 0 Å². The van der Waals surface area contributed by atoms with Gasteiger partial charge >= 0.3 is 0 Å². The molecule has 0 bridgehead atoms. The van der Waals surface area contributed by atoms with E-state index in [1.165, 1.54) is 133 Å². The second kappa shape index (κ2) is 16.4. The molecule has 1 nitrogen and oxygen atoms in total. The van der Waals surface area contributed by atoms with Crippen molar-refractivity contribution in [3.63, 3.8) is 0 Å². The van der Waals surface area contributed by atoms with E-state index in [0.717, 1.165) is 17.1 Å². The minimum Gasteiger partial charge on any atom is -0.310 e. The van der Waals surface area contributed by atoms with Gasteiger partial charge in [0.05, 0.1) is 5.41 Å². The summed E-state index contributed by atoms with van der Waals surface area (Å²) in [6, 6.07) is 98.7. The van der Waals surface area contributed by atoms with E-state index in [-0.39, 0.29) is 10.8 Å². The third-order valence-electron chi connectivity index (χ3n) is 18.5. The first-order chi connectivity index (χ1) is 38.2. The number of fused-ring (bicyclic) bond motifs is 18. The van der Waals surface area contributed by atoms with Crippen molar-refractivity contribution in [2.24, 2.45) is 0 Å². The lowest BCUT2D eigenvalue weighted by molar-refractivity contribution is 0.660. The number of benzene rings is 12. The summed E-state index contributed by atoms with van der Waals surface area (Å²) >= 11 is 0. The topological polar surface area (TPSA) is 3.24 Å². The first-order valence-electron chi connectivity index (χ1n) is 27.7. The smallest absolute Gasteiger partial charge is 0.0726 e. The lowest BCUT2D eigenvalue weighted by Gasteiger charge is -2.32. The highest BCUT2D eigenvalue weighted by atomic mass is 15.1. The van der Waals surface area contributed by atoms with E-state index < -0.39 is 5.41 Å². The van der Waals surface area contributed by atoms with Crippen molar-refractivity contribution >= 4 is 27.8 Å². The second-order valence-electron chi connectivity index (χ2n) is 23.1. The summed E-state index contributed by atoms with van der Waals surface area (Å²) in [4.78, 5) is 2.53. The Morgan fingerprint density at radius 3 is 1.22 bits per heavy atom. The molecule has 0 aliphatic heterocycles. The van der Waals surface area contributed by atoms with E-state index >= 15 is 0 Å². The maximum absolute atomic E-state index is 2.53. The summed E-state index contributed by atoms with van der Waals surface area (Å²) in [5.74, 6) is 0. The van der Waals surface area contributed by atoms with Gasteiger partial charge in [-0.3, -0.25) is 0 Å². The van der Waals surface area contributed by atoms with E-state index in [1.807, 2.05) is 0 Å². The van der Waals surface area contributed by atoms with E-state index in [1.54, 1.807) is 0 Å². The molecule has 1 spiro atoms. The van der Waals surface area contributed by atoms with Gasteiger partial charge in [0.1, 0.15) is 0 Å². The molecule has 0 atom stereocenters.